The molecule has 1 heterocycles. The van der Waals surface area contributed by atoms with Gasteiger partial charge in [-0.25, -0.2) is 0 Å². The van der Waals surface area contributed by atoms with Crippen molar-refractivity contribution in [3.8, 4) is 5.75 Å². The third-order valence-electron chi connectivity index (χ3n) is 3.82. The van der Waals surface area contributed by atoms with E-state index in [1.165, 1.54) is 5.56 Å². The Bertz CT molecular complexity index is 430. The quantitative estimate of drug-likeness (QED) is 0.777. The number of ether oxygens (including phenoxy) is 1. The van der Waals surface area contributed by atoms with Gasteiger partial charge in [0.1, 0.15) is 5.75 Å². The van der Waals surface area contributed by atoms with E-state index in [0.29, 0.717) is 6.61 Å². The lowest BCUT2D eigenvalue weighted by Crippen LogP contribution is -2.45. The number of hydrogen-bond acceptors (Lipinski definition) is 3. The first-order valence-electron chi connectivity index (χ1n) is 7.38. The molecule has 112 valence electrons. The van der Waals surface area contributed by atoms with Crippen LogP contribution in [0.15, 0.2) is 18.2 Å². The summed E-state index contributed by atoms with van der Waals surface area (Å²) in [6, 6.07) is 6.26. The van der Waals surface area contributed by atoms with Gasteiger partial charge in [0.2, 0.25) is 0 Å². The molecule has 1 aromatic rings. The van der Waals surface area contributed by atoms with Crippen molar-refractivity contribution in [2.24, 2.45) is 0 Å². The molecule has 1 aliphatic rings. The molecule has 0 amide bonds. The number of likely N-dealkylation sites (N-methyl/N-ethyl adjacent to an activating group) is 1. The van der Waals surface area contributed by atoms with Crippen LogP contribution in [0, 0.1) is 6.92 Å². The van der Waals surface area contributed by atoms with Crippen LogP contribution >= 0.6 is 11.6 Å². The van der Waals surface area contributed by atoms with Crippen molar-refractivity contribution >= 4 is 11.6 Å². The van der Waals surface area contributed by atoms with Gasteiger partial charge in [-0.15, -0.1) is 11.6 Å². The molecule has 1 unspecified atom stereocenters. The van der Waals surface area contributed by atoms with Gasteiger partial charge in [-0.3, -0.25) is 4.90 Å². The van der Waals surface area contributed by atoms with Crippen LogP contribution in [0.2, 0.25) is 0 Å². The zero-order chi connectivity index (χ0) is 14.5. The Labute approximate surface area is 127 Å². The molecule has 1 aliphatic heterocycles. The van der Waals surface area contributed by atoms with Crippen molar-refractivity contribution in [1.82, 2.24) is 9.80 Å². The van der Waals surface area contributed by atoms with Crippen molar-refractivity contribution in [3.05, 3.63) is 29.3 Å². The molecule has 2 rings (SSSR count). The molecule has 1 fully saturated rings. The molecule has 20 heavy (non-hydrogen) atoms. The Morgan fingerprint density at radius 2 is 1.95 bits per heavy atom. The number of rotatable bonds is 5. The zero-order valence-electron chi connectivity index (χ0n) is 12.7. The van der Waals surface area contributed by atoms with Crippen LogP contribution < -0.4 is 4.74 Å². The van der Waals surface area contributed by atoms with E-state index in [1.807, 2.05) is 13.0 Å². The third kappa shape index (κ3) is 4.11. The molecule has 0 aromatic heterocycles. The molecule has 1 aromatic carbocycles. The van der Waals surface area contributed by atoms with Crippen molar-refractivity contribution in [2.45, 2.75) is 19.2 Å². The molecular weight excluding hydrogens is 272 g/mol. The number of nitrogens with zero attached hydrogens (tertiary/aromatic N) is 2. The second kappa shape index (κ2) is 7.30. The monoisotopic (exact) mass is 296 g/mol. The highest BCUT2D eigenvalue weighted by Gasteiger charge is 2.20. The van der Waals surface area contributed by atoms with E-state index in [9.17, 15) is 0 Å². The first-order chi connectivity index (χ1) is 9.60. The maximum absolute atomic E-state index is 6.65. The lowest BCUT2D eigenvalue weighted by atomic mass is 10.1. The topological polar surface area (TPSA) is 15.7 Å². The molecule has 0 saturated carbocycles. The maximum atomic E-state index is 6.65. The van der Waals surface area contributed by atoms with Gasteiger partial charge in [-0.1, -0.05) is 17.7 Å². The van der Waals surface area contributed by atoms with E-state index >= 15 is 0 Å². The number of hydrogen-bond donors (Lipinski definition) is 0. The Morgan fingerprint density at radius 3 is 2.60 bits per heavy atom. The molecule has 3 nitrogen and oxygen atoms in total. The van der Waals surface area contributed by atoms with Crippen LogP contribution in [0.1, 0.15) is 23.4 Å². The molecular formula is C16H25ClN2O. The Kier molecular flexibility index (Phi) is 5.70. The van der Waals surface area contributed by atoms with Gasteiger partial charge in [0.25, 0.3) is 0 Å². The molecule has 1 atom stereocenters. The van der Waals surface area contributed by atoms with Gasteiger partial charge < -0.3 is 9.64 Å². The fourth-order valence-electron chi connectivity index (χ4n) is 2.56. The second-order valence-electron chi connectivity index (χ2n) is 5.55. The van der Waals surface area contributed by atoms with E-state index < -0.39 is 0 Å². The highest BCUT2D eigenvalue weighted by Crippen LogP contribution is 2.31. The predicted octanol–water partition coefficient (Wildman–Crippen LogP) is 2.92. The van der Waals surface area contributed by atoms with E-state index in [0.717, 1.165) is 44.0 Å². The molecule has 0 bridgehead atoms. The average molecular weight is 297 g/mol. The molecule has 0 radical (unpaired) electrons. The van der Waals surface area contributed by atoms with Crippen LogP contribution in [-0.2, 0) is 0 Å². The highest BCUT2D eigenvalue weighted by atomic mass is 35.5. The van der Waals surface area contributed by atoms with Crippen LogP contribution in [0.4, 0.5) is 0 Å². The summed E-state index contributed by atoms with van der Waals surface area (Å²) in [4.78, 5) is 4.80. The van der Waals surface area contributed by atoms with E-state index in [1.54, 1.807) is 0 Å². The summed E-state index contributed by atoms with van der Waals surface area (Å²) in [7, 11) is 2.17. The minimum Gasteiger partial charge on any atom is -0.494 e. The molecule has 1 saturated heterocycles. The second-order valence-corrected chi connectivity index (χ2v) is 6.07. The van der Waals surface area contributed by atoms with E-state index in [4.69, 9.17) is 16.3 Å². The van der Waals surface area contributed by atoms with E-state index in [-0.39, 0.29) is 5.38 Å². The minimum absolute atomic E-state index is 0.0140. The average Bonchev–Trinajstić information content (AvgIpc) is 2.43. The largest absolute Gasteiger partial charge is 0.494 e. The maximum Gasteiger partial charge on any atom is 0.124 e. The first kappa shape index (κ1) is 15.6. The fraction of sp³-hybridized carbons (Fsp3) is 0.625. The Balaban J connectivity index is 2.04. The van der Waals surface area contributed by atoms with Gasteiger partial charge in [0.15, 0.2) is 0 Å². The summed E-state index contributed by atoms with van der Waals surface area (Å²) >= 11 is 6.65. The summed E-state index contributed by atoms with van der Waals surface area (Å²) in [5, 5.41) is -0.0140. The Morgan fingerprint density at radius 1 is 1.25 bits per heavy atom. The van der Waals surface area contributed by atoms with Gasteiger partial charge in [0, 0.05) is 38.3 Å². The number of aryl methyl sites for hydroxylation is 1. The number of benzene rings is 1. The van der Waals surface area contributed by atoms with Crippen LogP contribution in [0.25, 0.3) is 0 Å². The first-order valence-corrected chi connectivity index (χ1v) is 7.82. The Hall–Kier alpha value is -0.770. The zero-order valence-corrected chi connectivity index (χ0v) is 13.5. The van der Waals surface area contributed by atoms with Crippen molar-refractivity contribution < 1.29 is 4.74 Å². The molecule has 0 spiro atoms. The number of halogens is 1. The van der Waals surface area contributed by atoms with Gasteiger partial charge in [-0.2, -0.15) is 0 Å². The SMILES string of the molecule is CCOc1ccc(C)cc1C(Cl)CN1CCN(C)CC1. The number of piperazine rings is 1. The molecule has 0 aliphatic carbocycles. The van der Waals surface area contributed by atoms with Crippen molar-refractivity contribution in [3.63, 3.8) is 0 Å². The van der Waals surface area contributed by atoms with Crippen molar-refractivity contribution in [1.29, 1.82) is 0 Å². The lowest BCUT2D eigenvalue weighted by molar-refractivity contribution is 0.154. The van der Waals surface area contributed by atoms with Crippen LogP contribution in [-0.4, -0.2) is 56.2 Å². The normalized spacial score (nSPS) is 19.0. The summed E-state index contributed by atoms with van der Waals surface area (Å²) in [6.45, 7) is 10.1. The fourth-order valence-corrected chi connectivity index (χ4v) is 2.92. The van der Waals surface area contributed by atoms with E-state index in [2.05, 4.69) is 35.9 Å². The summed E-state index contributed by atoms with van der Waals surface area (Å²) in [5.41, 5.74) is 2.35. The minimum atomic E-state index is -0.0140. The van der Waals surface area contributed by atoms with Gasteiger partial charge in [-0.05, 0) is 27.0 Å². The molecule has 4 heteroatoms. The van der Waals surface area contributed by atoms with Gasteiger partial charge >= 0.3 is 0 Å². The smallest absolute Gasteiger partial charge is 0.124 e. The summed E-state index contributed by atoms with van der Waals surface area (Å²) in [6.07, 6.45) is 0. The molecule has 0 N–H and O–H groups in total. The van der Waals surface area contributed by atoms with Gasteiger partial charge in [0.05, 0.1) is 12.0 Å². The van der Waals surface area contributed by atoms with Crippen LogP contribution in [0.3, 0.4) is 0 Å². The standard InChI is InChI=1S/C16H25ClN2O/c1-4-20-16-6-5-13(2)11-14(16)15(17)12-19-9-7-18(3)8-10-19/h5-6,11,15H,4,7-10,12H2,1-3H3. The number of alkyl halides is 1. The lowest BCUT2D eigenvalue weighted by Gasteiger charge is -2.33. The van der Waals surface area contributed by atoms with Crippen molar-refractivity contribution in [2.75, 3.05) is 46.4 Å². The summed E-state index contributed by atoms with van der Waals surface area (Å²) < 4.78 is 5.71. The summed E-state index contributed by atoms with van der Waals surface area (Å²) in [5.74, 6) is 0.923. The highest BCUT2D eigenvalue weighted by molar-refractivity contribution is 6.21. The predicted molar refractivity (Wildman–Crippen MR) is 84.9 cm³/mol. The third-order valence-corrected chi connectivity index (χ3v) is 4.19. The van der Waals surface area contributed by atoms with Crippen LogP contribution in [0.5, 0.6) is 5.75 Å².